The molecule has 0 bridgehead atoms. The van der Waals surface area contributed by atoms with E-state index < -0.39 is 40.5 Å². The van der Waals surface area contributed by atoms with Gasteiger partial charge in [0.25, 0.3) is 0 Å². The minimum absolute atomic E-state index is 0.604. The summed E-state index contributed by atoms with van der Waals surface area (Å²) in [7, 11) is -7.90. The summed E-state index contributed by atoms with van der Waals surface area (Å²) in [4.78, 5) is 3.54. The number of aromatic nitrogens is 4. The molecule has 2 N–H and O–H groups in total. The largest absolute Gasteiger partial charge is 0.748 e. The molecule has 76 heavy (non-hydrogen) atoms. The molecule has 2 aliphatic rings. The van der Waals surface area contributed by atoms with Crippen molar-refractivity contribution < 1.29 is 80.3 Å². The third-order valence-corrected chi connectivity index (χ3v) is 13.8. The third-order valence-electron chi connectivity index (χ3n) is 13.8. The van der Waals surface area contributed by atoms with E-state index in [1.807, 2.05) is 0 Å². The second-order valence-corrected chi connectivity index (χ2v) is 25.3. The van der Waals surface area contributed by atoms with Crippen molar-refractivity contribution in [3.05, 3.63) is 97.6 Å². The molecule has 6 heterocycles. The Balaban J connectivity index is 0.000000402. The number of hydrogen-bond acceptors (Lipinski definition) is 14. The van der Waals surface area contributed by atoms with Gasteiger partial charge in [0.15, 0.2) is 24.8 Å². The molecule has 0 amide bonds. The summed E-state index contributed by atoms with van der Waals surface area (Å²) in [6, 6.07) is 26.9. The molecule has 2 saturated heterocycles. The topological polar surface area (TPSA) is 274 Å². The van der Waals surface area contributed by atoms with Crippen LogP contribution in [-0.4, -0.2) is 140 Å². The van der Waals surface area contributed by atoms with Crippen LogP contribution < -0.4 is 28.4 Å². The van der Waals surface area contributed by atoms with Crippen LogP contribution in [0.1, 0.15) is 25.7 Å². The molecule has 24 heteroatoms. The lowest BCUT2D eigenvalue weighted by atomic mass is 9.79. The van der Waals surface area contributed by atoms with Gasteiger partial charge >= 0.3 is 0 Å². The Kier molecular flexibility index (Phi) is 19.5. The van der Waals surface area contributed by atoms with Crippen molar-refractivity contribution in [1.29, 1.82) is 0 Å². The molecule has 414 valence electrons. The monoisotopic (exact) mass is 1130 g/mol. The van der Waals surface area contributed by atoms with Crippen LogP contribution in [0.25, 0.3) is 65.2 Å². The first-order valence-corrected chi connectivity index (χ1v) is 31.8. The average molecular weight is 1130 g/mol. The van der Waals surface area contributed by atoms with Crippen molar-refractivity contribution in [3.63, 3.8) is 0 Å². The maximum Gasteiger partial charge on any atom is 0.177 e. The van der Waals surface area contributed by atoms with Gasteiger partial charge in [0, 0.05) is 69.7 Å². The molecule has 0 atom stereocenters. The van der Waals surface area contributed by atoms with Crippen LogP contribution in [0.15, 0.2) is 97.6 Å². The first-order chi connectivity index (χ1) is 35.4. The molecular weight excluding hydrogens is 1060 g/mol. The van der Waals surface area contributed by atoms with Gasteiger partial charge in [-0.15, -0.1) is 0 Å². The maximum absolute atomic E-state index is 9.08. The summed E-state index contributed by atoms with van der Waals surface area (Å²) in [6.45, 7) is 9.61. The van der Waals surface area contributed by atoms with Gasteiger partial charge in [0.1, 0.15) is 25.6 Å². The van der Waals surface area contributed by atoms with Crippen molar-refractivity contribution in [2.45, 2.75) is 38.8 Å². The molecule has 2 fully saturated rings. The number of quaternary nitrogens is 2. The lowest BCUT2D eigenvalue weighted by Crippen LogP contribution is -3.14. The first kappa shape index (κ1) is 59.7. The zero-order valence-corrected chi connectivity index (χ0v) is 47.3. The number of pyridine rings is 2. The van der Waals surface area contributed by atoms with Crippen LogP contribution in [0, 0.1) is 11.8 Å². The minimum atomic E-state index is -3.92. The molecule has 20 nitrogen and oxygen atoms in total. The second kappa shape index (κ2) is 24.8. The highest BCUT2D eigenvalue weighted by Crippen LogP contribution is 2.38. The van der Waals surface area contributed by atoms with E-state index in [4.69, 9.17) is 61.4 Å². The minimum Gasteiger partial charge on any atom is -0.748 e. The van der Waals surface area contributed by atoms with Gasteiger partial charge in [-0.1, -0.05) is 12.1 Å². The summed E-state index contributed by atoms with van der Waals surface area (Å²) < 4.78 is 130. The number of piperidine rings is 2. The average Bonchev–Trinajstić information content (AvgIpc) is 3.82. The molecular formula is C52H68N6O14S4. The second-order valence-electron chi connectivity index (χ2n) is 19.7. The van der Waals surface area contributed by atoms with E-state index in [9.17, 15) is 0 Å². The smallest absolute Gasteiger partial charge is 0.177 e. The number of nitrogens with one attached hydrogen (secondary N) is 2. The number of fused-ring (bicyclic) bond motifs is 10. The molecule has 2 aliphatic heterocycles. The number of ether oxygens (including phenoxy) is 2. The quantitative estimate of drug-likeness (QED) is 0.154. The zero-order valence-electron chi connectivity index (χ0n) is 44.0. The Hall–Kier alpha value is -5.54. The standard InChI is InChI=1S/C48H54N6O2.4CH4O3S/c1-49-19-13-35-5-9-45-47(41(35)31-49)39-29-37(55-3)7-11-43(39)53(45)27-25-51-21-15-33(16-22-51)34-17-23-52(24-18-34)26-28-54-44-12-8-38(56-4)30-40(44)48-42-32-50(2)20-14-36(42)6-10-46(48)54;4*1-5(2,3)4/h5-14,19-20,29-34H,15-18,21-28H2,1-4H3;4*1H3,(H,2,3,4)/q+2;;;;/p-2. The van der Waals surface area contributed by atoms with Gasteiger partial charge in [0.2, 0.25) is 0 Å². The molecule has 4 aromatic carbocycles. The normalized spacial score (nSPS) is 18.2. The Labute approximate surface area is 445 Å². The number of hydrogen-bond donors (Lipinski definition) is 2. The highest BCUT2D eigenvalue weighted by atomic mass is 32.2. The predicted octanol–water partition coefficient (Wildman–Crippen LogP) is 1.81. The number of benzene rings is 4. The van der Waals surface area contributed by atoms with Crippen molar-refractivity contribution >= 4 is 106 Å². The van der Waals surface area contributed by atoms with Crippen LogP contribution in [0.5, 0.6) is 11.5 Å². The van der Waals surface area contributed by atoms with Crippen LogP contribution >= 0.6 is 0 Å². The van der Waals surface area contributed by atoms with Crippen LogP contribution in [0.2, 0.25) is 0 Å². The fourth-order valence-corrected chi connectivity index (χ4v) is 10.7. The van der Waals surface area contributed by atoms with Gasteiger partial charge in [-0.3, -0.25) is 0 Å². The van der Waals surface area contributed by atoms with Crippen LogP contribution in [-0.2, 0) is 67.7 Å². The summed E-state index contributed by atoms with van der Waals surface area (Å²) in [5.41, 5.74) is 5.28. The summed E-state index contributed by atoms with van der Waals surface area (Å²) in [6.07, 6.45) is 16.7. The van der Waals surface area contributed by atoms with E-state index in [1.54, 1.807) is 24.0 Å². The predicted molar refractivity (Wildman–Crippen MR) is 288 cm³/mol. The van der Waals surface area contributed by atoms with Crippen molar-refractivity contribution in [2.75, 3.05) is 78.5 Å². The Bertz CT molecular complexity index is 3470. The molecule has 0 aliphatic carbocycles. The van der Waals surface area contributed by atoms with E-state index in [2.05, 4.69) is 130 Å². The molecule has 8 aromatic rings. The summed E-state index contributed by atoms with van der Waals surface area (Å²) in [5, 5.41) is 10.4. The lowest BCUT2D eigenvalue weighted by molar-refractivity contribution is -0.910. The van der Waals surface area contributed by atoms with E-state index in [0.29, 0.717) is 25.0 Å². The van der Waals surface area contributed by atoms with Crippen molar-refractivity contribution in [1.82, 2.24) is 9.13 Å². The Morgan fingerprint density at radius 3 is 1.09 bits per heavy atom. The molecule has 0 saturated carbocycles. The van der Waals surface area contributed by atoms with E-state index in [1.165, 1.54) is 130 Å². The van der Waals surface area contributed by atoms with Gasteiger partial charge in [-0.2, -0.15) is 0 Å². The van der Waals surface area contributed by atoms with Gasteiger partial charge in [0.05, 0.1) is 129 Å². The van der Waals surface area contributed by atoms with E-state index >= 15 is 0 Å². The highest BCUT2D eigenvalue weighted by molar-refractivity contribution is 7.85. The zero-order chi connectivity index (χ0) is 55.9. The highest BCUT2D eigenvalue weighted by Gasteiger charge is 2.33. The third kappa shape index (κ3) is 17.2. The van der Waals surface area contributed by atoms with E-state index in [0.717, 1.165) is 36.4 Å². The fourth-order valence-electron chi connectivity index (χ4n) is 10.7. The molecule has 10 rings (SSSR count). The van der Waals surface area contributed by atoms with Crippen LogP contribution in [0.3, 0.4) is 0 Å². The van der Waals surface area contributed by atoms with Gasteiger partial charge in [-0.05, 0) is 96.8 Å². The van der Waals surface area contributed by atoms with Crippen molar-refractivity contribution in [3.8, 4) is 11.5 Å². The Morgan fingerprint density at radius 2 is 0.789 bits per heavy atom. The van der Waals surface area contributed by atoms with Crippen molar-refractivity contribution in [2.24, 2.45) is 25.9 Å². The van der Waals surface area contributed by atoms with E-state index in [-0.39, 0.29) is 0 Å². The molecule has 0 radical (unpaired) electrons. The number of methoxy groups -OCH3 is 2. The summed E-state index contributed by atoms with van der Waals surface area (Å²) >= 11 is 0. The first-order valence-electron chi connectivity index (χ1n) is 24.5. The SMILES string of the molecule is COc1ccc2c(c1)c1c3c[n+](C)ccc3ccc1n2CC[NH+]1CCC(C2CC[NH+](CCn3c4ccc(OC)cc4c4c5c[n+](C)ccc5ccc43)CC2)CC1.CS(=O)(=O)[O-].CS(=O)(=O)[O-].CS(=O)(=O)[O-].CS(=O)(=O)[O-]. The Morgan fingerprint density at radius 1 is 0.487 bits per heavy atom. The molecule has 4 aromatic heterocycles. The van der Waals surface area contributed by atoms with Crippen LogP contribution in [0.4, 0.5) is 0 Å². The number of aryl methyl sites for hydroxylation is 2. The number of likely N-dealkylation sites (tertiary alicyclic amines) is 2. The summed E-state index contributed by atoms with van der Waals surface area (Å²) in [5.74, 6) is 3.61. The van der Waals surface area contributed by atoms with Gasteiger partial charge in [-0.25, -0.2) is 42.8 Å². The lowest BCUT2D eigenvalue weighted by Gasteiger charge is -2.37. The molecule has 0 spiro atoms. The fraction of sp³-hybridized carbons (Fsp3) is 0.423. The number of rotatable bonds is 9. The molecule has 0 unspecified atom stereocenters. The maximum atomic E-state index is 9.08. The van der Waals surface area contributed by atoms with Gasteiger partial charge < -0.3 is 46.6 Å². The number of nitrogens with zero attached hydrogens (tertiary/aromatic N) is 4.